The molecule has 0 saturated heterocycles. The molecule has 100 valence electrons. The van der Waals surface area contributed by atoms with Crippen LogP contribution in [0.15, 0.2) is 30.3 Å². The summed E-state index contributed by atoms with van der Waals surface area (Å²) in [5.74, 6) is 0.874. The van der Waals surface area contributed by atoms with E-state index < -0.39 is 0 Å². The van der Waals surface area contributed by atoms with E-state index in [0.29, 0.717) is 6.54 Å². The number of nitrogens with zero attached hydrogens (tertiary/aromatic N) is 1. The Kier molecular flexibility index (Phi) is 3.49. The van der Waals surface area contributed by atoms with Gasteiger partial charge < -0.3 is 11.1 Å². The molecular formula is C16H21N3. The molecule has 1 saturated carbocycles. The van der Waals surface area contributed by atoms with Crippen molar-refractivity contribution in [1.29, 1.82) is 0 Å². The average molecular weight is 255 g/mol. The molecule has 1 aromatic heterocycles. The Morgan fingerprint density at radius 2 is 2.16 bits per heavy atom. The predicted octanol–water partition coefficient (Wildman–Crippen LogP) is 2.54. The maximum atomic E-state index is 5.90. The van der Waals surface area contributed by atoms with Crippen molar-refractivity contribution in [2.45, 2.75) is 25.8 Å². The molecule has 1 fully saturated rings. The molecule has 1 aliphatic rings. The van der Waals surface area contributed by atoms with Gasteiger partial charge in [0.2, 0.25) is 0 Å². The van der Waals surface area contributed by atoms with Gasteiger partial charge in [0, 0.05) is 23.7 Å². The zero-order valence-corrected chi connectivity index (χ0v) is 11.4. The number of hydrogen-bond donors (Lipinski definition) is 2. The molecule has 0 amide bonds. The molecule has 0 aliphatic heterocycles. The van der Waals surface area contributed by atoms with Crippen molar-refractivity contribution in [2.24, 2.45) is 11.7 Å². The Bertz CT molecular complexity index is 575. The van der Waals surface area contributed by atoms with E-state index in [4.69, 9.17) is 5.73 Å². The SMILES string of the molecule is Cc1ccc2cc(C(CN)NCC3CC3)ccc2n1. The molecule has 1 atom stereocenters. The molecule has 1 heterocycles. The summed E-state index contributed by atoms with van der Waals surface area (Å²) >= 11 is 0. The topological polar surface area (TPSA) is 50.9 Å². The second kappa shape index (κ2) is 5.27. The van der Waals surface area contributed by atoms with Gasteiger partial charge in [-0.25, -0.2) is 0 Å². The number of hydrogen-bond acceptors (Lipinski definition) is 3. The summed E-state index contributed by atoms with van der Waals surface area (Å²) in [5, 5.41) is 4.77. The maximum absolute atomic E-state index is 5.90. The molecule has 2 aromatic rings. The number of nitrogens with two attached hydrogens (primary N) is 1. The first-order valence-corrected chi connectivity index (χ1v) is 7.07. The maximum Gasteiger partial charge on any atom is 0.0705 e. The highest BCUT2D eigenvalue weighted by molar-refractivity contribution is 5.79. The summed E-state index contributed by atoms with van der Waals surface area (Å²) in [6.45, 7) is 3.75. The van der Waals surface area contributed by atoms with Crippen LogP contribution in [-0.2, 0) is 0 Å². The smallest absolute Gasteiger partial charge is 0.0705 e. The summed E-state index contributed by atoms with van der Waals surface area (Å²) in [7, 11) is 0. The fourth-order valence-electron chi connectivity index (χ4n) is 2.43. The van der Waals surface area contributed by atoms with Gasteiger partial charge in [-0.1, -0.05) is 12.1 Å². The van der Waals surface area contributed by atoms with Crippen LogP contribution in [0, 0.1) is 12.8 Å². The molecule has 1 unspecified atom stereocenters. The van der Waals surface area contributed by atoms with Crippen LogP contribution in [-0.4, -0.2) is 18.1 Å². The van der Waals surface area contributed by atoms with Gasteiger partial charge in [0.05, 0.1) is 5.52 Å². The van der Waals surface area contributed by atoms with Crippen LogP contribution in [0.4, 0.5) is 0 Å². The van der Waals surface area contributed by atoms with E-state index in [0.717, 1.165) is 23.7 Å². The highest BCUT2D eigenvalue weighted by atomic mass is 14.9. The molecule has 0 spiro atoms. The van der Waals surface area contributed by atoms with Crippen molar-refractivity contribution in [3.63, 3.8) is 0 Å². The summed E-state index contributed by atoms with van der Waals surface area (Å²) in [5.41, 5.74) is 9.28. The van der Waals surface area contributed by atoms with Crippen LogP contribution >= 0.6 is 0 Å². The quantitative estimate of drug-likeness (QED) is 0.863. The highest BCUT2D eigenvalue weighted by Crippen LogP contribution is 2.28. The predicted molar refractivity (Wildman–Crippen MR) is 79.0 cm³/mol. The van der Waals surface area contributed by atoms with Gasteiger partial charge >= 0.3 is 0 Å². The summed E-state index contributed by atoms with van der Waals surface area (Å²) in [6, 6.07) is 10.9. The zero-order valence-electron chi connectivity index (χ0n) is 11.4. The van der Waals surface area contributed by atoms with Gasteiger partial charge in [-0.3, -0.25) is 4.98 Å². The minimum Gasteiger partial charge on any atom is -0.329 e. The van der Waals surface area contributed by atoms with Gasteiger partial charge in [0.15, 0.2) is 0 Å². The number of rotatable bonds is 5. The molecule has 3 rings (SSSR count). The van der Waals surface area contributed by atoms with E-state index in [1.165, 1.54) is 23.8 Å². The Morgan fingerprint density at radius 1 is 1.32 bits per heavy atom. The van der Waals surface area contributed by atoms with E-state index in [-0.39, 0.29) is 6.04 Å². The largest absolute Gasteiger partial charge is 0.329 e. The zero-order chi connectivity index (χ0) is 13.2. The van der Waals surface area contributed by atoms with Gasteiger partial charge in [-0.2, -0.15) is 0 Å². The average Bonchev–Trinajstić information content (AvgIpc) is 3.23. The molecule has 1 aliphatic carbocycles. The van der Waals surface area contributed by atoms with Crippen LogP contribution < -0.4 is 11.1 Å². The van der Waals surface area contributed by atoms with Gasteiger partial charge in [0.25, 0.3) is 0 Å². The number of aryl methyl sites for hydroxylation is 1. The number of fused-ring (bicyclic) bond motifs is 1. The lowest BCUT2D eigenvalue weighted by Gasteiger charge is -2.17. The van der Waals surface area contributed by atoms with Crippen molar-refractivity contribution in [1.82, 2.24) is 10.3 Å². The normalized spacial score (nSPS) is 16.7. The third-order valence-corrected chi connectivity index (χ3v) is 3.84. The highest BCUT2D eigenvalue weighted by Gasteiger charge is 2.22. The van der Waals surface area contributed by atoms with Crippen molar-refractivity contribution in [3.8, 4) is 0 Å². The molecule has 0 radical (unpaired) electrons. The van der Waals surface area contributed by atoms with E-state index in [9.17, 15) is 0 Å². The Hall–Kier alpha value is -1.45. The minimum atomic E-state index is 0.256. The van der Waals surface area contributed by atoms with Crippen molar-refractivity contribution >= 4 is 10.9 Å². The Morgan fingerprint density at radius 3 is 2.89 bits per heavy atom. The van der Waals surface area contributed by atoms with Crippen LogP contribution in [0.2, 0.25) is 0 Å². The molecule has 3 heteroatoms. The number of pyridine rings is 1. The molecule has 3 N–H and O–H groups in total. The summed E-state index contributed by atoms with van der Waals surface area (Å²) < 4.78 is 0. The van der Waals surface area contributed by atoms with Crippen molar-refractivity contribution in [3.05, 3.63) is 41.6 Å². The number of nitrogens with one attached hydrogen (secondary N) is 1. The number of benzene rings is 1. The van der Waals surface area contributed by atoms with E-state index >= 15 is 0 Å². The van der Waals surface area contributed by atoms with E-state index in [1.807, 2.05) is 6.92 Å². The molecule has 3 nitrogen and oxygen atoms in total. The molecular weight excluding hydrogens is 234 g/mol. The third kappa shape index (κ3) is 2.94. The van der Waals surface area contributed by atoms with Gasteiger partial charge in [0.1, 0.15) is 0 Å². The monoisotopic (exact) mass is 255 g/mol. The van der Waals surface area contributed by atoms with Gasteiger partial charge in [-0.05, 0) is 56.0 Å². The first-order chi connectivity index (χ1) is 9.26. The molecule has 19 heavy (non-hydrogen) atoms. The molecule has 0 bridgehead atoms. The lowest BCUT2D eigenvalue weighted by Crippen LogP contribution is -2.29. The van der Waals surface area contributed by atoms with Crippen LogP contribution in [0.1, 0.15) is 30.1 Å². The lowest BCUT2D eigenvalue weighted by atomic mass is 10.0. The third-order valence-electron chi connectivity index (χ3n) is 3.84. The molecule has 1 aromatic carbocycles. The summed E-state index contributed by atoms with van der Waals surface area (Å²) in [6.07, 6.45) is 2.73. The second-order valence-corrected chi connectivity index (χ2v) is 5.54. The fourth-order valence-corrected chi connectivity index (χ4v) is 2.43. The van der Waals surface area contributed by atoms with Crippen LogP contribution in [0.25, 0.3) is 10.9 Å². The van der Waals surface area contributed by atoms with Crippen LogP contribution in [0.5, 0.6) is 0 Å². The van der Waals surface area contributed by atoms with E-state index in [1.54, 1.807) is 0 Å². The van der Waals surface area contributed by atoms with Gasteiger partial charge in [-0.15, -0.1) is 0 Å². The second-order valence-electron chi connectivity index (χ2n) is 5.54. The number of aromatic nitrogens is 1. The standard InChI is InChI=1S/C16H21N3/c1-11-2-5-13-8-14(6-7-15(13)19-11)16(9-17)18-10-12-3-4-12/h2,5-8,12,16,18H,3-4,9-10,17H2,1H3. The van der Waals surface area contributed by atoms with Crippen molar-refractivity contribution < 1.29 is 0 Å². The van der Waals surface area contributed by atoms with Crippen molar-refractivity contribution in [2.75, 3.05) is 13.1 Å². The van der Waals surface area contributed by atoms with Crippen LogP contribution in [0.3, 0.4) is 0 Å². The first-order valence-electron chi connectivity index (χ1n) is 7.07. The Labute approximate surface area is 114 Å². The first kappa shape index (κ1) is 12.6. The van der Waals surface area contributed by atoms with E-state index in [2.05, 4.69) is 40.6 Å². The summed E-state index contributed by atoms with van der Waals surface area (Å²) in [4.78, 5) is 4.53. The minimum absolute atomic E-state index is 0.256. The Balaban J connectivity index is 1.83. The fraction of sp³-hybridized carbons (Fsp3) is 0.438. The lowest BCUT2D eigenvalue weighted by molar-refractivity contribution is 0.522.